The van der Waals surface area contributed by atoms with E-state index in [-0.39, 0.29) is 31.6 Å². The van der Waals surface area contributed by atoms with Gasteiger partial charge in [0, 0.05) is 5.41 Å². The summed E-state index contributed by atoms with van der Waals surface area (Å²) in [7, 11) is 0. The third-order valence-corrected chi connectivity index (χ3v) is 26.8. The third-order valence-electron chi connectivity index (χ3n) is 26.8. The quantitative estimate of drug-likeness (QED) is 0.0306. The van der Waals surface area contributed by atoms with E-state index < -0.39 is 318 Å². The Bertz CT molecular complexity index is 3050. The van der Waals surface area contributed by atoms with E-state index in [2.05, 4.69) is 26.8 Å². The van der Waals surface area contributed by atoms with Gasteiger partial charge in [0.2, 0.25) is 6.29 Å². The second kappa shape index (κ2) is 31.8. The zero-order valence-corrected chi connectivity index (χ0v) is 60.3. The first-order valence-corrected chi connectivity index (χ1v) is 36.9. The summed E-state index contributed by atoms with van der Waals surface area (Å²) in [4.78, 5) is 15.6. The summed E-state index contributed by atoms with van der Waals surface area (Å²) in [5.41, 5.74) is -7.63. The van der Waals surface area contributed by atoms with Gasteiger partial charge in [0.15, 0.2) is 43.8 Å². The van der Waals surface area contributed by atoms with Crippen molar-refractivity contribution >= 4 is 5.97 Å². The van der Waals surface area contributed by atoms with E-state index in [1.165, 1.54) is 6.92 Å². The maximum absolute atomic E-state index is 15.6. The summed E-state index contributed by atoms with van der Waals surface area (Å²) in [6.45, 7) is 5.28. The molecular weight excluding hydrogens is 1440 g/mol. The average molecular weight is 1550 g/mol. The van der Waals surface area contributed by atoms with Gasteiger partial charge in [-0.15, -0.1) is 0 Å². The van der Waals surface area contributed by atoms with Crippen molar-refractivity contribution < 1.29 is 189 Å². The lowest BCUT2D eigenvalue weighted by atomic mass is 9.33. The lowest BCUT2D eigenvalue weighted by Crippen LogP contribution is -2.71. The number of aliphatic hydroxyl groups excluding tert-OH is 22. The van der Waals surface area contributed by atoms with Gasteiger partial charge < -0.3 is 184 Å². The minimum Gasteiger partial charge on any atom is -0.432 e. The van der Waals surface area contributed by atoms with Crippen LogP contribution in [0.2, 0.25) is 0 Å². The van der Waals surface area contributed by atoms with Gasteiger partial charge in [0.05, 0.1) is 83.9 Å². The molecule has 616 valence electrons. The third kappa shape index (κ3) is 14.4. The Hall–Kier alpha value is -2.23. The molecule has 7 aliphatic heterocycles. The van der Waals surface area contributed by atoms with Crippen LogP contribution in [0.1, 0.15) is 92.9 Å². The Balaban J connectivity index is 0.725. The van der Waals surface area contributed by atoms with E-state index in [1.54, 1.807) is 0 Å². The minimum atomic E-state index is -2.10. The lowest BCUT2D eigenvalue weighted by molar-refractivity contribution is -0.372. The van der Waals surface area contributed by atoms with Gasteiger partial charge in [-0.25, -0.2) is 0 Å². The van der Waals surface area contributed by atoms with Crippen molar-refractivity contribution in [2.75, 3.05) is 59.5 Å². The van der Waals surface area contributed by atoms with Gasteiger partial charge in [0.1, 0.15) is 139 Å². The number of hydrogen-bond donors (Lipinski definition) is 23. The predicted molar refractivity (Wildman–Crippen MR) is 347 cm³/mol. The van der Waals surface area contributed by atoms with Gasteiger partial charge in [-0.1, -0.05) is 46.3 Å². The lowest BCUT2D eigenvalue weighted by Gasteiger charge is -2.72. The molecule has 5 aliphatic carbocycles. The summed E-state index contributed by atoms with van der Waals surface area (Å²) in [6, 6.07) is 0. The van der Waals surface area contributed by atoms with Crippen LogP contribution in [0.4, 0.5) is 0 Å². The van der Waals surface area contributed by atoms with Crippen molar-refractivity contribution in [2.45, 2.75) is 301 Å². The molecule has 11 fully saturated rings. The van der Waals surface area contributed by atoms with E-state index in [4.69, 9.17) is 66.3 Å². The summed E-state index contributed by atoms with van der Waals surface area (Å²) in [6.07, 6.45) is -53.4. The molecule has 0 spiro atoms. The number of allylic oxidation sites excluding steroid dienone is 2. The van der Waals surface area contributed by atoms with Gasteiger partial charge in [-0.2, -0.15) is 0 Å². The Kier molecular flexibility index (Phi) is 25.0. The topological polar surface area (TPSA) is 612 Å². The molecule has 0 amide bonds. The molecule has 0 aromatic heterocycles. The number of esters is 1. The highest BCUT2D eigenvalue weighted by Crippen LogP contribution is 2.76. The second-order valence-electron chi connectivity index (χ2n) is 33.5. The van der Waals surface area contributed by atoms with Crippen molar-refractivity contribution in [2.24, 2.45) is 50.2 Å². The van der Waals surface area contributed by atoms with E-state index in [1.807, 2.05) is 13.8 Å². The van der Waals surface area contributed by atoms with Crippen molar-refractivity contribution in [1.29, 1.82) is 0 Å². The number of ether oxygens (including phenoxy) is 14. The first-order valence-electron chi connectivity index (χ1n) is 36.9. The molecular formula is C69H112O38. The number of fused-ring (bicyclic) bond motifs is 7. The van der Waals surface area contributed by atoms with Crippen LogP contribution in [0.3, 0.4) is 0 Å². The van der Waals surface area contributed by atoms with Crippen molar-refractivity contribution in [3.05, 3.63) is 11.6 Å². The summed E-state index contributed by atoms with van der Waals surface area (Å²) in [5, 5.41) is 255. The number of carbonyl (C=O) groups excluding carboxylic acids is 1. The normalized spacial score (nSPS) is 54.0. The van der Waals surface area contributed by atoms with Crippen LogP contribution in [0.5, 0.6) is 0 Å². The minimum absolute atomic E-state index is 0.00104. The van der Waals surface area contributed by atoms with Crippen LogP contribution in [-0.2, 0) is 71.1 Å². The first-order chi connectivity index (χ1) is 50.3. The van der Waals surface area contributed by atoms with Gasteiger partial charge in [-0.05, 0) is 97.7 Å². The molecule has 4 saturated carbocycles. The molecule has 107 heavy (non-hydrogen) atoms. The zero-order valence-electron chi connectivity index (χ0n) is 60.3. The van der Waals surface area contributed by atoms with Crippen LogP contribution in [0.15, 0.2) is 11.6 Å². The number of aliphatic hydroxyl groups is 23. The Morgan fingerprint density at radius 1 is 0.495 bits per heavy atom. The smallest absolute Gasteiger partial charge is 0.317 e. The van der Waals surface area contributed by atoms with E-state index in [0.717, 1.165) is 5.57 Å². The predicted octanol–water partition coefficient (Wildman–Crippen LogP) is -9.73. The molecule has 0 aromatic carbocycles. The van der Waals surface area contributed by atoms with Crippen LogP contribution in [0.25, 0.3) is 0 Å². The largest absolute Gasteiger partial charge is 0.432 e. The van der Waals surface area contributed by atoms with Crippen LogP contribution in [0, 0.1) is 50.2 Å². The molecule has 0 bridgehead atoms. The molecule has 38 nitrogen and oxygen atoms in total. The van der Waals surface area contributed by atoms with Crippen LogP contribution < -0.4 is 0 Å². The Morgan fingerprint density at radius 2 is 1.04 bits per heavy atom. The van der Waals surface area contributed by atoms with Gasteiger partial charge in [-0.3, -0.25) is 4.79 Å². The molecule has 7 heterocycles. The number of rotatable bonds is 20. The summed E-state index contributed by atoms with van der Waals surface area (Å²) in [5.74, 6) is -2.64. The average Bonchev–Trinajstić information content (AvgIpc) is 0.939. The molecule has 12 aliphatic rings. The van der Waals surface area contributed by atoms with Crippen molar-refractivity contribution in [1.82, 2.24) is 0 Å². The monoisotopic (exact) mass is 1550 g/mol. The maximum atomic E-state index is 15.6. The fraction of sp³-hybridized carbons (Fsp3) is 0.957. The maximum Gasteiger partial charge on any atom is 0.317 e. The molecule has 38 heteroatoms. The summed E-state index contributed by atoms with van der Waals surface area (Å²) < 4.78 is 81.5. The number of carbonyl (C=O) groups is 1. The highest BCUT2D eigenvalue weighted by atomic mass is 16.8. The SMILES string of the molecule is C[C@@H]1O[C@@H](O[C@H]2[C@H](OC(=O)[C@]34CCC(C)(C)C[C@H]3C3=CCC5[C@@]6(C)C[C@H](O)[C@H](O[C@@H]7O[C@H](CO[C@@H]8O[C@H](CO[C@@H]9O[C@H](CO)[C@@H](O)[C@H](O)[C@H]9O)[C@@H](O)[C@H](O)[C@H]8O)[C@@H](O)[C@H](O)[C@H]7O)C(CO)(CO)C6CC[C@@]5(C)[C@]3(C)C[C@H]4O)OC[C@H](O)[C@@H]2O)[C@H](O)[C@H](O)[C@H]1O[C@@H]1OC[C@@H](O)[C@H](O[C@@H]2OC[C@](O)(CO)[C@H]2O)[C@H]1O. The molecule has 23 N–H and O–H groups in total. The zero-order chi connectivity index (χ0) is 78.1. The molecule has 2 unspecified atom stereocenters. The Morgan fingerprint density at radius 3 is 1.64 bits per heavy atom. The summed E-state index contributed by atoms with van der Waals surface area (Å²) >= 11 is 0. The van der Waals surface area contributed by atoms with Crippen molar-refractivity contribution in [3.8, 4) is 0 Å². The first kappa shape index (κ1) is 84.2. The standard InChI is InChI=1S/C69H112O38/c1-25-50(103-57-49(90)51(30(76)18-94-57)104-61-53(91)68(93,23-73)24-98-61)44(85)48(89)58(99-25)105-52-37(78)29(75)17-95-60(52)107-62(92)69-12-11-63(2,3)13-27(69)26-7-8-34-64(4)14-28(74)54(67(21-71,22-72)35(64)9-10-65(34,5)66(26,6)15-36(69)77)106-59-47(88)43(84)40(81)33(102-59)20-97-56-46(87)42(83)39(80)32(101-56)19-96-55-45(86)41(82)38(79)31(16-70)100-55/h7,25,27-61,70-91,93H,8-24H2,1-6H3/t25-,27-,28-,29-,30+,31+,32+,33+,34?,35?,36+,37-,38+,39+,40+,41-,42-,43-,44-,45+,46+,47+,48+,49+,50-,51-,52+,53-,54-,55+,56+,57-,58-,59-,60-,61-,64+,65+,66+,68+,69+/m0/s1. The fourth-order valence-electron chi connectivity index (χ4n) is 20.2. The Labute approximate surface area is 615 Å². The molecule has 12 rings (SSSR count). The van der Waals surface area contributed by atoms with Gasteiger partial charge in [0.25, 0.3) is 0 Å². The van der Waals surface area contributed by atoms with Crippen molar-refractivity contribution in [3.63, 3.8) is 0 Å². The molecule has 0 radical (unpaired) electrons. The number of hydrogen-bond acceptors (Lipinski definition) is 38. The van der Waals surface area contributed by atoms with Crippen LogP contribution >= 0.6 is 0 Å². The van der Waals surface area contributed by atoms with Crippen LogP contribution in [-0.4, -0.2) is 391 Å². The van der Waals surface area contributed by atoms with E-state index in [9.17, 15) is 117 Å². The molecule has 0 aromatic rings. The highest BCUT2D eigenvalue weighted by Gasteiger charge is 2.74. The fourth-order valence-corrected chi connectivity index (χ4v) is 20.2. The molecule has 41 atom stereocenters. The highest BCUT2D eigenvalue weighted by molar-refractivity contribution is 5.80. The van der Waals surface area contributed by atoms with E-state index in [0.29, 0.717) is 25.7 Å². The van der Waals surface area contributed by atoms with E-state index >= 15 is 4.79 Å². The van der Waals surface area contributed by atoms with Gasteiger partial charge >= 0.3 is 5.97 Å². The second-order valence-corrected chi connectivity index (χ2v) is 33.5. The molecule has 7 saturated heterocycles.